The van der Waals surface area contributed by atoms with Crippen LogP contribution in [-0.2, 0) is 9.59 Å². The van der Waals surface area contributed by atoms with Gasteiger partial charge < -0.3 is 15.1 Å². The largest absolute Gasteiger partial charge is 0.480 e. The number of anilines is 2. The minimum absolute atomic E-state index is 0. The molecule has 0 amide bonds. The van der Waals surface area contributed by atoms with E-state index in [2.05, 4.69) is 5.29 Å². The number of nitroso groups, excluding NO2 is 1. The molecule has 0 heterocycles. The van der Waals surface area contributed by atoms with Crippen molar-refractivity contribution >= 4 is 82.4 Å². The summed E-state index contributed by atoms with van der Waals surface area (Å²) in [5, 5.41) is 20.7. The summed E-state index contributed by atoms with van der Waals surface area (Å²) in [7, 11) is 1.61. The van der Waals surface area contributed by atoms with Gasteiger partial charge in [-0.25, -0.2) is 5.01 Å². The Morgan fingerprint density at radius 3 is 1.81 bits per heavy atom. The summed E-state index contributed by atoms with van der Waals surface area (Å²) in [5.41, 5.74) is 0.956. The number of aliphatic carboxylic acids is 2. The fourth-order valence-electron chi connectivity index (χ4n) is 1.47. The molecule has 21 heavy (non-hydrogen) atoms. The third kappa shape index (κ3) is 7.79. The SMILES string of the molecule is CN(CC(=O)O)c1ccc(N(CC(=O)O)N=O)cc1.[Na].[Na]. The second-order valence-electron chi connectivity index (χ2n) is 3.80. The van der Waals surface area contributed by atoms with E-state index in [1.54, 1.807) is 19.2 Å². The normalized spacial score (nSPS) is 8.81. The Hall–Kier alpha value is -0.640. The molecular weight excluding hydrogens is 300 g/mol. The van der Waals surface area contributed by atoms with Gasteiger partial charge in [-0.05, 0) is 24.3 Å². The molecule has 0 fully saturated rings. The van der Waals surface area contributed by atoms with Crippen molar-refractivity contribution in [3.63, 3.8) is 0 Å². The Balaban J connectivity index is 0. The van der Waals surface area contributed by atoms with E-state index in [1.807, 2.05) is 0 Å². The van der Waals surface area contributed by atoms with Crippen molar-refractivity contribution in [3.05, 3.63) is 29.2 Å². The van der Waals surface area contributed by atoms with Crippen molar-refractivity contribution < 1.29 is 19.8 Å². The zero-order chi connectivity index (χ0) is 14.4. The Morgan fingerprint density at radius 1 is 1.00 bits per heavy atom. The molecule has 0 atom stereocenters. The fraction of sp³-hybridized carbons (Fsp3) is 0.273. The molecular formula is C11H13N3Na2O5. The van der Waals surface area contributed by atoms with Gasteiger partial charge in [0.25, 0.3) is 0 Å². The van der Waals surface area contributed by atoms with Crippen LogP contribution in [0, 0.1) is 4.91 Å². The van der Waals surface area contributed by atoms with Crippen LogP contribution in [0.2, 0.25) is 0 Å². The summed E-state index contributed by atoms with van der Waals surface area (Å²) < 4.78 is 0. The van der Waals surface area contributed by atoms with Crippen molar-refractivity contribution in [3.8, 4) is 0 Å². The number of rotatable bonds is 7. The van der Waals surface area contributed by atoms with Crippen LogP contribution in [0.1, 0.15) is 0 Å². The fourth-order valence-corrected chi connectivity index (χ4v) is 1.47. The summed E-state index contributed by atoms with van der Waals surface area (Å²) in [6, 6.07) is 6.16. The predicted molar refractivity (Wildman–Crippen MR) is 79.6 cm³/mol. The number of carboxylic acid groups (broad SMARTS) is 2. The molecule has 0 aliphatic rings. The van der Waals surface area contributed by atoms with Crippen molar-refractivity contribution in [2.75, 3.05) is 30.0 Å². The Kier molecular flexibility index (Phi) is 11.9. The molecule has 0 aliphatic heterocycles. The van der Waals surface area contributed by atoms with Gasteiger partial charge in [0, 0.05) is 71.8 Å². The quantitative estimate of drug-likeness (QED) is 0.415. The van der Waals surface area contributed by atoms with Crippen LogP contribution >= 0.6 is 0 Å². The van der Waals surface area contributed by atoms with Gasteiger partial charge in [-0.15, -0.1) is 4.91 Å². The molecule has 0 unspecified atom stereocenters. The number of benzene rings is 1. The van der Waals surface area contributed by atoms with E-state index in [4.69, 9.17) is 10.2 Å². The second-order valence-corrected chi connectivity index (χ2v) is 3.80. The van der Waals surface area contributed by atoms with Gasteiger partial charge in [-0.1, -0.05) is 0 Å². The molecule has 2 N–H and O–H groups in total. The van der Waals surface area contributed by atoms with E-state index in [0.29, 0.717) is 11.4 Å². The van der Waals surface area contributed by atoms with Crippen LogP contribution in [0.4, 0.5) is 11.4 Å². The molecule has 10 heteroatoms. The first-order valence-electron chi connectivity index (χ1n) is 5.29. The first-order valence-corrected chi connectivity index (χ1v) is 5.29. The van der Waals surface area contributed by atoms with Crippen molar-refractivity contribution in [2.45, 2.75) is 0 Å². The number of nitrogens with zero attached hydrogens (tertiary/aromatic N) is 3. The summed E-state index contributed by atoms with van der Waals surface area (Å²) >= 11 is 0. The maximum atomic E-state index is 10.6. The van der Waals surface area contributed by atoms with E-state index in [-0.39, 0.29) is 65.7 Å². The minimum atomic E-state index is -1.17. The summed E-state index contributed by atoms with van der Waals surface area (Å²) in [6.07, 6.45) is 0. The van der Waals surface area contributed by atoms with Crippen molar-refractivity contribution in [1.82, 2.24) is 0 Å². The number of carbonyl (C=O) groups is 2. The Bertz CT molecular complexity index is 483. The molecule has 1 aromatic rings. The third-order valence-corrected chi connectivity index (χ3v) is 2.34. The second kappa shape index (κ2) is 11.0. The maximum Gasteiger partial charge on any atom is 0.325 e. The van der Waals surface area contributed by atoms with Crippen LogP contribution in [0.25, 0.3) is 0 Å². The minimum Gasteiger partial charge on any atom is -0.480 e. The zero-order valence-corrected chi connectivity index (χ0v) is 16.2. The average Bonchev–Trinajstić information content (AvgIpc) is 2.35. The number of hydrogen-bond donors (Lipinski definition) is 2. The molecule has 0 aliphatic carbocycles. The predicted octanol–water partition coefficient (Wildman–Crippen LogP) is 0.0182. The van der Waals surface area contributed by atoms with Gasteiger partial charge in [0.2, 0.25) is 0 Å². The number of hydrogen-bond acceptors (Lipinski definition) is 5. The first-order chi connectivity index (χ1) is 8.93. The van der Waals surface area contributed by atoms with Crippen molar-refractivity contribution in [1.29, 1.82) is 0 Å². The first kappa shape index (κ1) is 22.6. The zero-order valence-electron chi connectivity index (χ0n) is 12.2. The summed E-state index contributed by atoms with van der Waals surface area (Å²) in [4.78, 5) is 33.1. The molecule has 0 aromatic heterocycles. The van der Waals surface area contributed by atoms with E-state index in [0.717, 1.165) is 5.01 Å². The summed E-state index contributed by atoms with van der Waals surface area (Å²) in [5.74, 6) is -2.14. The Morgan fingerprint density at radius 2 is 1.43 bits per heavy atom. The van der Waals surface area contributed by atoms with Gasteiger partial charge in [0.1, 0.15) is 13.1 Å². The van der Waals surface area contributed by atoms with Crippen LogP contribution in [0.3, 0.4) is 0 Å². The topological polar surface area (TPSA) is 111 Å². The van der Waals surface area contributed by atoms with Gasteiger partial charge in [0.05, 0.1) is 11.0 Å². The van der Waals surface area contributed by atoms with Gasteiger partial charge >= 0.3 is 11.9 Å². The Labute approximate surface area is 165 Å². The summed E-state index contributed by atoms with van der Waals surface area (Å²) in [6.45, 7) is -0.696. The smallest absolute Gasteiger partial charge is 0.325 e. The molecule has 104 valence electrons. The van der Waals surface area contributed by atoms with Crippen LogP contribution in [-0.4, -0.2) is 101 Å². The van der Waals surface area contributed by atoms with E-state index < -0.39 is 18.5 Å². The number of likely N-dealkylation sites (N-methyl/N-ethyl adjacent to an activating group) is 1. The molecule has 1 aromatic carbocycles. The van der Waals surface area contributed by atoms with E-state index >= 15 is 0 Å². The third-order valence-electron chi connectivity index (χ3n) is 2.34. The molecule has 0 bridgehead atoms. The van der Waals surface area contributed by atoms with E-state index in [1.165, 1.54) is 17.0 Å². The standard InChI is InChI=1S/C11H13N3O5.2Na/c1-13(6-10(15)16)8-2-4-9(5-3-8)14(12-19)7-11(17)18;;/h2-5H,6-7H2,1H3,(H,15,16)(H,17,18);;. The molecule has 0 spiro atoms. The molecule has 0 saturated carbocycles. The monoisotopic (exact) mass is 313 g/mol. The van der Waals surface area contributed by atoms with Crippen LogP contribution in [0.15, 0.2) is 29.6 Å². The van der Waals surface area contributed by atoms with Gasteiger partial charge in [0.15, 0.2) is 0 Å². The van der Waals surface area contributed by atoms with Crippen molar-refractivity contribution in [2.24, 2.45) is 5.29 Å². The van der Waals surface area contributed by atoms with Gasteiger partial charge in [-0.3, -0.25) is 9.59 Å². The van der Waals surface area contributed by atoms with Crippen LogP contribution in [0.5, 0.6) is 0 Å². The van der Waals surface area contributed by atoms with Gasteiger partial charge in [-0.2, -0.15) is 0 Å². The maximum absolute atomic E-state index is 10.6. The van der Waals surface area contributed by atoms with Crippen LogP contribution < -0.4 is 9.91 Å². The molecule has 2 radical (unpaired) electrons. The molecule has 8 nitrogen and oxygen atoms in total. The number of carboxylic acids is 2. The van der Waals surface area contributed by atoms with E-state index in [9.17, 15) is 14.5 Å². The molecule has 1 rings (SSSR count). The molecule has 0 saturated heterocycles. The average molecular weight is 313 g/mol.